The van der Waals surface area contributed by atoms with E-state index in [1.165, 1.54) is 4.88 Å². The number of aromatic nitrogens is 1. The maximum absolute atomic E-state index is 6.24. The number of hydrogen-bond acceptors (Lipinski definition) is 4. The van der Waals surface area contributed by atoms with Crippen molar-refractivity contribution in [2.45, 2.75) is 26.9 Å². The molecule has 0 fully saturated rings. The lowest BCUT2D eigenvalue weighted by atomic mass is 10.2. The topological polar surface area (TPSA) is 28.2 Å². The average Bonchev–Trinajstić information content (AvgIpc) is 2.93. The molecule has 0 atom stereocenters. The minimum absolute atomic E-state index is 0.631. The summed E-state index contributed by atoms with van der Waals surface area (Å²) in [5, 5.41) is 6.24. The maximum atomic E-state index is 6.24. The Labute approximate surface area is 136 Å². The van der Waals surface area contributed by atoms with Gasteiger partial charge in [0.1, 0.15) is 5.82 Å². The van der Waals surface area contributed by atoms with Gasteiger partial charge in [-0.1, -0.05) is 31.5 Å². The van der Waals surface area contributed by atoms with Crippen molar-refractivity contribution >= 4 is 28.8 Å². The van der Waals surface area contributed by atoms with Crippen LogP contribution in [0.5, 0.6) is 0 Å². The van der Waals surface area contributed by atoms with Crippen molar-refractivity contribution in [2.24, 2.45) is 5.92 Å². The van der Waals surface area contributed by atoms with E-state index in [4.69, 9.17) is 11.6 Å². The number of halogens is 1. The molecular weight excluding hydrogens is 302 g/mol. The van der Waals surface area contributed by atoms with Crippen LogP contribution in [0.25, 0.3) is 0 Å². The second-order valence-electron chi connectivity index (χ2n) is 5.59. The normalized spacial score (nSPS) is 11.1. The lowest BCUT2D eigenvalue weighted by Gasteiger charge is -2.19. The smallest absolute Gasteiger partial charge is 0.128 e. The van der Waals surface area contributed by atoms with E-state index in [1.54, 1.807) is 17.5 Å². The molecule has 0 saturated heterocycles. The fraction of sp³-hybridized carbons (Fsp3) is 0.438. The molecule has 1 N–H and O–H groups in total. The van der Waals surface area contributed by atoms with Gasteiger partial charge >= 0.3 is 0 Å². The zero-order chi connectivity index (χ0) is 15.2. The molecule has 0 amide bonds. The van der Waals surface area contributed by atoms with Gasteiger partial charge in [0, 0.05) is 24.7 Å². The van der Waals surface area contributed by atoms with Crippen molar-refractivity contribution < 1.29 is 0 Å². The molecular formula is C16H22ClN3S. The summed E-state index contributed by atoms with van der Waals surface area (Å²) in [6.07, 6.45) is 1.74. The van der Waals surface area contributed by atoms with E-state index in [1.807, 2.05) is 0 Å². The Morgan fingerprint density at radius 1 is 1.43 bits per heavy atom. The first-order chi connectivity index (χ1) is 10.1. The number of nitrogens with one attached hydrogen (secondary N) is 1. The van der Waals surface area contributed by atoms with Gasteiger partial charge in [0.15, 0.2) is 0 Å². The van der Waals surface area contributed by atoms with E-state index in [9.17, 15) is 0 Å². The van der Waals surface area contributed by atoms with Crippen LogP contribution in [0.3, 0.4) is 0 Å². The van der Waals surface area contributed by atoms with E-state index in [-0.39, 0.29) is 0 Å². The molecule has 0 spiro atoms. The molecule has 114 valence electrons. The van der Waals surface area contributed by atoms with E-state index in [0.29, 0.717) is 5.92 Å². The van der Waals surface area contributed by atoms with Gasteiger partial charge in [-0.05, 0) is 35.5 Å². The summed E-state index contributed by atoms with van der Waals surface area (Å²) in [5.41, 5.74) is 1.10. The zero-order valence-electron chi connectivity index (χ0n) is 12.8. The van der Waals surface area contributed by atoms with Gasteiger partial charge in [-0.25, -0.2) is 4.98 Å². The van der Waals surface area contributed by atoms with Gasteiger partial charge in [-0.15, -0.1) is 11.3 Å². The molecule has 21 heavy (non-hydrogen) atoms. The summed E-state index contributed by atoms with van der Waals surface area (Å²) in [4.78, 5) is 7.91. The molecule has 0 unspecified atom stereocenters. The van der Waals surface area contributed by atoms with Gasteiger partial charge in [0.25, 0.3) is 0 Å². The highest BCUT2D eigenvalue weighted by Gasteiger charge is 2.08. The Morgan fingerprint density at radius 2 is 2.24 bits per heavy atom. The highest BCUT2D eigenvalue weighted by atomic mass is 35.5. The first-order valence-electron chi connectivity index (χ1n) is 7.15. The molecule has 0 aliphatic carbocycles. The summed E-state index contributed by atoms with van der Waals surface area (Å²) < 4.78 is 0. The molecule has 2 aromatic heterocycles. The third-order valence-electron chi connectivity index (χ3n) is 3.15. The van der Waals surface area contributed by atoms with Gasteiger partial charge < -0.3 is 10.2 Å². The average molecular weight is 324 g/mol. The Balaban J connectivity index is 2.03. The van der Waals surface area contributed by atoms with Crippen molar-refractivity contribution in [3.05, 3.63) is 45.2 Å². The van der Waals surface area contributed by atoms with Crippen LogP contribution in [0.15, 0.2) is 29.8 Å². The number of rotatable bonds is 7. The summed E-state index contributed by atoms with van der Waals surface area (Å²) in [5.74, 6) is 1.58. The van der Waals surface area contributed by atoms with Gasteiger partial charge in [-0.3, -0.25) is 0 Å². The minimum Gasteiger partial charge on any atom is -0.355 e. The van der Waals surface area contributed by atoms with E-state index >= 15 is 0 Å². The Bertz CT molecular complexity index is 555. The summed E-state index contributed by atoms with van der Waals surface area (Å²) in [7, 11) is 2.06. The van der Waals surface area contributed by atoms with Gasteiger partial charge in [0.2, 0.25) is 0 Å². The fourth-order valence-electron chi connectivity index (χ4n) is 2.02. The molecule has 5 heteroatoms. The van der Waals surface area contributed by atoms with Crippen LogP contribution in [0.2, 0.25) is 5.02 Å². The molecule has 0 aliphatic rings. The van der Waals surface area contributed by atoms with Crippen molar-refractivity contribution in [1.82, 2.24) is 10.3 Å². The van der Waals surface area contributed by atoms with Crippen LogP contribution in [0.1, 0.15) is 24.3 Å². The van der Waals surface area contributed by atoms with Crippen LogP contribution in [-0.4, -0.2) is 18.6 Å². The third-order valence-corrected chi connectivity index (χ3v) is 4.35. The summed E-state index contributed by atoms with van der Waals surface area (Å²) in [6, 6.07) is 6.29. The predicted molar refractivity (Wildman–Crippen MR) is 92.2 cm³/mol. The second-order valence-corrected chi connectivity index (χ2v) is 7.03. The highest BCUT2D eigenvalue weighted by Crippen LogP contribution is 2.22. The molecule has 0 bridgehead atoms. The SMILES string of the molecule is CC(C)CNCc1cc(N(C)Cc2cccs2)ncc1Cl. The number of anilines is 1. The quantitative estimate of drug-likeness (QED) is 0.828. The molecule has 0 aromatic carbocycles. The first-order valence-corrected chi connectivity index (χ1v) is 8.40. The molecule has 0 radical (unpaired) electrons. The monoisotopic (exact) mass is 323 g/mol. The molecule has 0 aliphatic heterocycles. The Hall–Kier alpha value is -1.10. The predicted octanol–water partition coefficient (Wildman–Crippen LogP) is 4.18. The third kappa shape index (κ3) is 4.99. The van der Waals surface area contributed by atoms with E-state index in [0.717, 1.165) is 36.0 Å². The van der Waals surface area contributed by atoms with Gasteiger partial charge in [0.05, 0.1) is 11.6 Å². The van der Waals surface area contributed by atoms with Gasteiger partial charge in [-0.2, -0.15) is 0 Å². The number of hydrogen-bond donors (Lipinski definition) is 1. The van der Waals surface area contributed by atoms with Crippen LogP contribution in [0.4, 0.5) is 5.82 Å². The fourth-order valence-corrected chi connectivity index (χ4v) is 2.95. The van der Waals surface area contributed by atoms with Crippen LogP contribution >= 0.6 is 22.9 Å². The molecule has 2 aromatic rings. The van der Waals surface area contributed by atoms with Crippen molar-refractivity contribution in [3.8, 4) is 0 Å². The van der Waals surface area contributed by atoms with Crippen LogP contribution < -0.4 is 10.2 Å². The number of thiophene rings is 1. The lowest BCUT2D eigenvalue weighted by molar-refractivity contribution is 0.552. The van der Waals surface area contributed by atoms with Crippen LogP contribution in [-0.2, 0) is 13.1 Å². The number of pyridine rings is 1. The largest absolute Gasteiger partial charge is 0.355 e. The lowest BCUT2D eigenvalue weighted by Crippen LogP contribution is -2.20. The standard InChI is InChI=1S/C16H22ClN3S/c1-12(2)8-18-9-13-7-16(19-10-15(13)17)20(3)11-14-5-4-6-21-14/h4-7,10,12,18H,8-9,11H2,1-3H3. The first kappa shape index (κ1) is 16.3. The minimum atomic E-state index is 0.631. The zero-order valence-corrected chi connectivity index (χ0v) is 14.3. The van der Waals surface area contributed by atoms with Crippen molar-refractivity contribution in [1.29, 1.82) is 0 Å². The molecule has 0 saturated carbocycles. The van der Waals surface area contributed by atoms with Crippen molar-refractivity contribution in [2.75, 3.05) is 18.5 Å². The van der Waals surface area contributed by atoms with Crippen LogP contribution in [0, 0.1) is 5.92 Å². The molecule has 3 nitrogen and oxygen atoms in total. The summed E-state index contributed by atoms with van der Waals surface area (Å²) in [6.45, 7) is 7.02. The highest BCUT2D eigenvalue weighted by molar-refractivity contribution is 7.09. The molecule has 2 heterocycles. The second kappa shape index (κ2) is 7.78. The van der Waals surface area contributed by atoms with E-state index in [2.05, 4.69) is 59.7 Å². The van der Waals surface area contributed by atoms with Crippen molar-refractivity contribution in [3.63, 3.8) is 0 Å². The Kier molecular flexibility index (Phi) is 6.03. The molecule has 2 rings (SSSR count). The van der Waals surface area contributed by atoms with E-state index < -0.39 is 0 Å². The Morgan fingerprint density at radius 3 is 2.90 bits per heavy atom. The number of nitrogens with zero attached hydrogens (tertiary/aromatic N) is 2. The maximum Gasteiger partial charge on any atom is 0.128 e. The summed E-state index contributed by atoms with van der Waals surface area (Å²) >= 11 is 8.00.